The first-order valence-corrected chi connectivity index (χ1v) is 10.9. The Kier molecular flexibility index (Phi) is 6.67. The zero-order valence-electron chi connectivity index (χ0n) is 17.3. The topological polar surface area (TPSA) is 102 Å². The summed E-state index contributed by atoms with van der Waals surface area (Å²) in [5.41, 5.74) is 5.49. The summed E-state index contributed by atoms with van der Waals surface area (Å²) in [5, 5.41) is 15.0. The number of hydroxylamine groups is 2. The first-order valence-electron chi connectivity index (χ1n) is 10.9. The average Bonchev–Trinajstić information content (AvgIpc) is 2.67. The molecule has 159 valence electrons. The van der Waals surface area contributed by atoms with Crippen molar-refractivity contribution in [3.63, 3.8) is 0 Å². The van der Waals surface area contributed by atoms with Crippen molar-refractivity contribution in [2.45, 2.75) is 95.2 Å². The second-order valence-corrected chi connectivity index (χ2v) is 8.96. The highest BCUT2D eigenvalue weighted by Crippen LogP contribution is 2.51. The average molecular weight is 396 g/mol. The van der Waals surface area contributed by atoms with E-state index in [1.165, 1.54) is 5.06 Å². The molecule has 0 bridgehead atoms. The maximum absolute atomic E-state index is 13.7. The molecule has 3 aliphatic rings. The van der Waals surface area contributed by atoms with Gasteiger partial charge in [-0.15, -0.1) is 10.3 Å². The number of hydrogen-bond acceptors (Lipinski definition) is 6. The lowest BCUT2D eigenvalue weighted by Crippen LogP contribution is -2.67. The minimum Gasteiger partial charge on any atom is -0.466 e. The number of nitrogens with two attached hydrogens (primary N) is 1. The molecule has 7 nitrogen and oxygen atoms in total. The van der Waals surface area contributed by atoms with Crippen LogP contribution in [0.1, 0.15) is 78.1 Å². The molecule has 0 unspecified atom stereocenters. The van der Waals surface area contributed by atoms with Gasteiger partial charge < -0.3 is 15.2 Å². The fourth-order valence-corrected chi connectivity index (χ4v) is 5.83. The molecule has 2 aliphatic carbocycles. The fraction of sp³-hybridized carbons (Fsp3) is 0.905. The van der Waals surface area contributed by atoms with Crippen LogP contribution >= 0.6 is 0 Å². The van der Waals surface area contributed by atoms with Gasteiger partial charge in [-0.3, -0.25) is 9.59 Å². The second kappa shape index (κ2) is 8.67. The van der Waals surface area contributed by atoms with Gasteiger partial charge in [0.05, 0.1) is 36.1 Å². The van der Waals surface area contributed by atoms with Crippen LogP contribution in [0.2, 0.25) is 0 Å². The summed E-state index contributed by atoms with van der Waals surface area (Å²) in [4.78, 5) is 24.2. The zero-order chi connectivity index (χ0) is 20.4. The largest absolute Gasteiger partial charge is 0.466 e. The van der Waals surface area contributed by atoms with E-state index in [1.54, 1.807) is 0 Å². The number of piperidine rings is 1. The predicted molar refractivity (Wildman–Crippen MR) is 102 cm³/mol. The van der Waals surface area contributed by atoms with Crippen LogP contribution in [0.25, 0.3) is 0 Å². The van der Waals surface area contributed by atoms with E-state index in [9.17, 15) is 14.8 Å². The highest BCUT2D eigenvalue weighted by atomic mass is 16.5. The molecule has 0 atom stereocenters. The molecule has 0 aromatic heterocycles. The smallest absolute Gasteiger partial charge is 0.308 e. The maximum Gasteiger partial charge on any atom is 0.308 e. The third kappa shape index (κ3) is 4.07. The van der Waals surface area contributed by atoms with Crippen LogP contribution in [0.3, 0.4) is 0 Å². The van der Waals surface area contributed by atoms with Crippen molar-refractivity contribution in [1.82, 2.24) is 5.06 Å². The van der Waals surface area contributed by atoms with Crippen LogP contribution in [0.5, 0.6) is 0 Å². The van der Waals surface area contributed by atoms with Crippen LogP contribution in [-0.2, 0) is 24.3 Å². The molecule has 0 aromatic rings. The molecule has 28 heavy (non-hydrogen) atoms. The van der Waals surface area contributed by atoms with Gasteiger partial charge in [-0.05, 0) is 78.1 Å². The number of carbonyl (C=O) groups excluding carboxylic acids is 2. The predicted octanol–water partition coefficient (Wildman–Crippen LogP) is 2.74. The molecule has 1 saturated heterocycles. The van der Waals surface area contributed by atoms with Gasteiger partial charge in [0.1, 0.15) is 0 Å². The van der Waals surface area contributed by atoms with Gasteiger partial charge in [0.2, 0.25) is 0 Å². The quantitative estimate of drug-likeness (QED) is 0.735. The lowest BCUT2D eigenvalue weighted by molar-refractivity contribution is -0.321. The summed E-state index contributed by atoms with van der Waals surface area (Å²) in [6, 6.07) is -0.0107. The summed E-state index contributed by atoms with van der Waals surface area (Å²) in [5.74, 6) is -0.487. The van der Waals surface area contributed by atoms with Gasteiger partial charge in [0.25, 0.3) is 0 Å². The zero-order valence-corrected chi connectivity index (χ0v) is 17.3. The van der Waals surface area contributed by atoms with Gasteiger partial charge in [-0.25, -0.2) is 0 Å². The van der Waals surface area contributed by atoms with Gasteiger partial charge >= 0.3 is 11.9 Å². The van der Waals surface area contributed by atoms with Crippen LogP contribution in [0, 0.1) is 11.8 Å². The normalized spacial score (nSPS) is 39.1. The van der Waals surface area contributed by atoms with Crippen molar-refractivity contribution in [3.8, 4) is 0 Å². The monoisotopic (exact) mass is 395 g/mol. The van der Waals surface area contributed by atoms with Crippen molar-refractivity contribution in [3.05, 3.63) is 0 Å². The number of nitrogens with zero attached hydrogens (tertiary/aromatic N) is 1. The van der Waals surface area contributed by atoms with E-state index >= 15 is 0 Å². The van der Waals surface area contributed by atoms with Crippen LogP contribution in [0.4, 0.5) is 0 Å². The summed E-state index contributed by atoms with van der Waals surface area (Å²) in [6.07, 6.45) is 6.89. The van der Waals surface area contributed by atoms with Gasteiger partial charge in [-0.1, -0.05) is 0 Å². The molecular formula is C21H35N2O5. The molecule has 2 saturated carbocycles. The minimum absolute atomic E-state index is 0.0107. The Morgan fingerprint density at radius 3 is 1.54 bits per heavy atom. The molecule has 1 aliphatic heterocycles. The Morgan fingerprint density at radius 1 is 0.857 bits per heavy atom. The van der Waals surface area contributed by atoms with Crippen molar-refractivity contribution >= 4 is 11.9 Å². The van der Waals surface area contributed by atoms with E-state index < -0.39 is 11.1 Å². The van der Waals surface area contributed by atoms with E-state index in [0.29, 0.717) is 77.4 Å². The van der Waals surface area contributed by atoms with E-state index in [-0.39, 0.29) is 29.8 Å². The Morgan fingerprint density at radius 2 is 1.21 bits per heavy atom. The highest BCUT2D eigenvalue weighted by Gasteiger charge is 2.57. The lowest BCUT2D eigenvalue weighted by Gasteiger charge is -2.58. The molecule has 2 N–H and O–H groups in total. The Labute approximate surface area is 167 Å². The molecule has 0 amide bonds. The molecule has 1 radical (unpaired) electrons. The van der Waals surface area contributed by atoms with E-state index in [4.69, 9.17) is 15.2 Å². The second-order valence-electron chi connectivity index (χ2n) is 8.96. The van der Waals surface area contributed by atoms with Crippen LogP contribution in [-0.4, -0.2) is 47.3 Å². The summed E-state index contributed by atoms with van der Waals surface area (Å²) in [7, 11) is 0. The van der Waals surface area contributed by atoms with E-state index in [0.717, 1.165) is 0 Å². The van der Waals surface area contributed by atoms with Gasteiger partial charge in [0.15, 0.2) is 0 Å². The van der Waals surface area contributed by atoms with Crippen molar-refractivity contribution in [2.24, 2.45) is 17.6 Å². The van der Waals surface area contributed by atoms with E-state index in [2.05, 4.69) is 0 Å². The molecule has 7 heteroatoms. The number of hydrogen-bond donors (Lipinski definition) is 1. The van der Waals surface area contributed by atoms with E-state index in [1.807, 2.05) is 13.8 Å². The van der Waals surface area contributed by atoms with Crippen molar-refractivity contribution < 1.29 is 24.3 Å². The van der Waals surface area contributed by atoms with Crippen LogP contribution < -0.4 is 5.73 Å². The van der Waals surface area contributed by atoms with Gasteiger partial charge in [-0.2, -0.15) is 0 Å². The number of rotatable bonds is 4. The Balaban J connectivity index is 1.68. The Bertz CT molecular complexity index is 517. The summed E-state index contributed by atoms with van der Waals surface area (Å²) < 4.78 is 10.3. The molecular weight excluding hydrogens is 360 g/mol. The van der Waals surface area contributed by atoms with Crippen molar-refractivity contribution in [2.75, 3.05) is 13.2 Å². The summed E-state index contributed by atoms with van der Waals surface area (Å²) in [6.45, 7) is 4.42. The lowest BCUT2D eigenvalue weighted by atomic mass is 9.63. The molecule has 1 heterocycles. The maximum atomic E-state index is 13.7. The fourth-order valence-electron chi connectivity index (χ4n) is 5.83. The van der Waals surface area contributed by atoms with Crippen LogP contribution in [0.15, 0.2) is 0 Å². The third-order valence-electron chi connectivity index (χ3n) is 7.22. The molecule has 3 fully saturated rings. The van der Waals surface area contributed by atoms with Crippen molar-refractivity contribution in [1.29, 1.82) is 0 Å². The molecule has 2 spiro atoms. The number of esters is 2. The SMILES string of the molecule is CCOC(=O)C1CCC2(CC1)CC(N)CC1(CCC(C(=O)OCC)CC1)N2[O]. The number of carbonyl (C=O) groups is 2. The van der Waals surface area contributed by atoms with Gasteiger partial charge in [0, 0.05) is 6.04 Å². The summed E-state index contributed by atoms with van der Waals surface area (Å²) >= 11 is 0. The number of ether oxygens (including phenoxy) is 2. The highest BCUT2D eigenvalue weighted by molar-refractivity contribution is 5.73. The third-order valence-corrected chi connectivity index (χ3v) is 7.22. The first-order chi connectivity index (χ1) is 13.4. The molecule has 3 rings (SSSR count). The first kappa shape index (κ1) is 21.5. The Hall–Kier alpha value is -1.18. The molecule has 0 aromatic carbocycles. The standard InChI is InChI=1S/C21H35N2O5/c1-3-27-18(24)15-5-9-20(10-6-15)13-17(22)14-21(23(20)26)11-7-16(8-12-21)19(25)28-4-2/h15-17H,3-14,22H2,1-2H3. The minimum atomic E-state index is -0.475.